The highest BCUT2D eigenvalue weighted by atomic mass is 15.3. The minimum atomic E-state index is 0.581. The number of rotatable bonds is 6. The molecule has 2 atom stereocenters. The molecule has 1 aliphatic carbocycles. The predicted molar refractivity (Wildman–Crippen MR) is 121 cm³/mol. The summed E-state index contributed by atoms with van der Waals surface area (Å²) in [6.07, 6.45) is 1.24. The van der Waals surface area contributed by atoms with E-state index in [1.54, 1.807) is 0 Å². The number of aliphatic imine (C=N–C) groups is 1. The number of anilines is 1. The van der Waals surface area contributed by atoms with Gasteiger partial charge in [-0.05, 0) is 35.6 Å². The smallest absolute Gasteiger partial charge is 0.191 e. The number of nitrogens with one attached hydrogen (secondary N) is 2. The van der Waals surface area contributed by atoms with Crippen molar-refractivity contribution in [2.24, 2.45) is 10.9 Å². The van der Waals surface area contributed by atoms with Crippen LogP contribution in [0.25, 0.3) is 0 Å². The largest absolute Gasteiger partial charge is 0.369 e. The normalized spacial score (nSPS) is 22.4. The van der Waals surface area contributed by atoms with Crippen LogP contribution in [-0.2, 0) is 13.1 Å². The molecule has 0 spiro atoms. The molecule has 2 unspecified atom stereocenters. The van der Waals surface area contributed by atoms with Gasteiger partial charge in [-0.3, -0.25) is 9.89 Å². The van der Waals surface area contributed by atoms with Crippen LogP contribution in [0.4, 0.5) is 5.69 Å². The van der Waals surface area contributed by atoms with Crippen molar-refractivity contribution in [3.63, 3.8) is 0 Å². The van der Waals surface area contributed by atoms with Crippen LogP contribution in [0, 0.1) is 5.92 Å². The SMILES string of the molecule is CN=C(NCc1ccccc1CN1CCN(c2ccccc2)CC1)NC1CC1C. The third-order valence-electron chi connectivity index (χ3n) is 6.11. The van der Waals surface area contributed by atoms with Crippen LogP contribution in [0.3, 0.4) is 0 Å². The number of piperazine rings is 1. The molecule has 0 bridgehead atoms. The summed E-state index contributed by atoms with van der Waals surface area (Å²) >= 11 is 0. The van der Waals surface area contributed by atoms with Crippen molar-refractivity contribution in [2.75, 3.05) is 38.1 Å². The minimum Gasteiger partial charge on any atom is -0.369 e. The van der Waals surface area contributed by atoms with Gasteiger partial charge < -0.3 is 15.5 Å². The topological polar surface area (TPSA) is 42.9 Å². The first-order valence-electron chi connectivity index (χ1n) is 10.8. The first-order valence-corrected chi connectivity index (χ1v) is 10.8. The number of hydrogen-bond donors (Lipinski definition) is 2. The van der Waals surface area contributed by atoms with Crippen molar-refractivity contribution in [1.29, 1.82) is 0 Å². The molecule has 5 heteroatoms. The van der Waals surface area contributed by atoms with Crippen LogP contribution in [-0.4, -0.2) is 50.1 Å². The van der Waals surface area contributed by atoms with Gasteiger partial charge in [-0.1, -0.05) is 49.4 Å². The van der Waals surface area contributed by atoms with Crippen molar-refractivity contribution >= 4 is 11.6 Å². The van der Waals surface area contributed by atoms with Gasteiger partial charge in [0.25, 0.3) is 0 Å². The second kappa shape index (κ2) is 9.31. The summed E-state index contributed by atoms with van der Waals surface area (Å²) in [5.41, 5.74) is 4.09. The maximum atomic E-state index is 4.38. The van der Waals surface area contributed by atoms with E-state index in [2.05, 4.69) is 86.9 Å². The molecular weight excluding hydrogens is 358 g/mol. The lowest BCUT2D eigenvalue weighted by Crippen LogP contribution is -2.46. The number of benzene rings is 2. The van der Waals surface area contributed by atoms with E-state index in [1.807, 2.05) is 7.05 Å². The second-order valence-electron chi connectivity index (χ2n) is 8.26. The van der Waals surface area contributed by atoms with Crippen molar-refractivity contribution in [3.8, 4) is 0 Å². The molecule has 29 heavy (non-hydrogen) atoms. The Morgan fingerprint density at radius 3 is 2.28 bits per heavy atom. The Morgan fingerprint density at radius 1 is 0.966 bits per heavy atom. The highest BCUT2D eigenvalue weighted by Crippen LogP contribution is 2.28. The van der Waals surface area contributed by atoms with Gasteiger partial charge in [0, 0.05) is 58.0 Å². The molecule has 0 aromatic heterocycles. The van der Waals surface area contributed by atoms with Crippen molar-refractivity contribution < 1.29 is 0 Å². The molecule has 1 heterocycles. The fourth-order valence-electron chi connectivity index (χ4n) is 4.00. The summed E-state index contributed by atoms with van der Waals surface area (Å²) in [6, 6.07) is 20.1. The van der Waals surface area contributed by atoms with Crippen LogP contribution in [0.15, 0.2) is 59.6 Å². The molecule has 2 aromatic rings. The lowest BCUT2D eigenvalue weighted by atomic mass is 10.1. The Kier molecular flexibility index (Phi) is 6.35. The first kappa shape index (κ1) is 19.8. The van der Waals surface area contributed by atoms with E-state index in [0.29, 0.717) is 6.04 Å². The molecule has 0 radical (unpaired) electrons. The monoisotopic (exact) mass is 391 g/mol. The zero-order valence-corrected chi connectivity index (χ0v) is 17.6. The zero-order chi connectivity index (χ0) is 20.1. The third kappa shape index (κ3) is 5.30. The molecule has 0 amide bonds. The fraction of sp³-hybridized carbons (Fsp3) is 0.458. The Balaban J connectivity index is 1.30. The molecule has 2 aliphatic rings. The Bertz CT molecular complexity index is 811. The van der Waals surface area contributed by atoms with E-state index < -0.39 is 0 Å². The average Bonchev–Trinajstić information content (AvgIpc) is 3.47. The first-order chi connectivity index (χ1) is 14.2. The van der Waals surface area contributed by atoms with Gasteiger partial charge in [0.1, 0.15) is 0 Å². The lowest BCUT2D eigenvalue weighted by molar-refractivity contribution is 0.249. The van der Waals surface area contributed by atoms with E-state index in [-0.39, 0.29) is 0 Å². The molecule has 5 nitrogen and oxygen atoms in total. The van der Waals surface area contributed by atoms with Gasteiger partial charge in [-0.2, -0.15) is 0 Å². The average molecular weight is 392 g/mol. The van der Waals surface area contributed by atoms with Gasteiger partial charge in [0.05, 0.1) is 0 Å². The predicted octanol–water partition coefficient (Wildman–Crippen LogP) is 3.08. The van der Waals surface area contributed by atoms with Crippen LogP contribution in [0.5, 0.6) is 0 Å². The van der Waals surface area contributed by atoms with Crippen LogP contribution < -0.4 is 15.5 Å². The van der Waals surface area contributed by atoms with E-state index >= 15 is 0 Å². The second-order valence-corrected chi connectivity index (χ2v) is 8.26. The van der Waals surface area contributed by atoms with Gasteiger partial charge >= 0.3 is 0 Å². The minimum absolute atomic E-state index is 0.581. The van der Waals surface area contributed by atoms with E-state index in [1.165, 1.54) is 23.2 Å². The zero-order valence-electron chi connectivity index (χ0n) is 17.6. The molecule has 154 valence electrons. The Hall–Kier alpha value is -2.53. The number of hydrogen-bond acceptors (Lipinski definition) is 3. The van der Waals surface area contributed by atoms with E-state index in [9.17, 15) is 0 Å². The quantitative estimate of drug-likeness (QED) is 0.587. The summed E-state index contributed by atoms with van der Waals surface area (Å²) in [7, 11) is 1.85. The maximum Gasteiger partial charge on any atom is 0.191 e. The van der Waals surface area contributed by atoms with Crippen LogP contribution in [0.2, 0.25) is 0 Å². The summed E-state index contributed by atoms with van der Waals surface area (Å²) < 4.78 is 0. The van der Waals surface area contributed by atoms with E-state index in [4.69, 9.17) is 0 Å². The molecule has 2 fully saturated rings. The molecule has 2 N–H and O–H groups in total. The van der Waals surface area contributed by atoms with Gasteiger partial charge in [0.2, 0.25) is 0 Å². The number of para-hydroxylation sites is 1. The fourth-order valence-corrected chi connectivity index (χ4v) is 4.00. The van der Waals surface area contributed by atoms with E-state index in [0.717, 1.165) is 51.1 Å². The van der Waals surface area contributed by atoms with Crippen LogP contribution >= 0.6 is 0 Å². The lowest BCUT2D eigenvalue weighted by Gasteiger charge is -2.36. The van der Waals surface area contributed by atoms with Gasteiger partial charge in [-0.15, -0.1) is 0 Å². The van der Waals surface area contributed by atoms with Crippen molar-refractivity contribution in [2.45, 2.75) is 32.5 Å². The van der Waals surface area contributed by atoms with Crippen molar-refractivity contribution in [1.82, 2.24) is 15.5 Å². The number of guanidine groups is 1. The Morgan fingerprint density at radius 2 is 1.62 bits per heavy atom. The summed E-state index contributed by atoms with van der Waals surface area (Å²) in [4.78, 5) is 9.43. The standard InChI is InChI=1S/C24H33N5/c1-19-16-23(19)27-24(25-2)26-17-20-8-6-7-9-21(20)18-28-12-14-29(15-13-28)22-10-4-3-5-11-22/h3-11,19,23H,12-18H2,1-2H3,(H2,25,26,27). The molecule has 1 saturated carbocycles. The molecule has 1 aliphatic heterocycles. The summed E-state index contributed by atoms with van der Waals surface area (Å²) in [6.45, 7) is 8.45. The highest BCUT2D eigenvalue weighted by Gasteiger charge is 2.33. The molecular formula is C24H33N5. The van der Waals surface area contributed by atoms with Crippen LogP contribution in [0.1, 0.15) is 24.5 Å². The molecule has 4 rings (SSSR count). The van der Waals surface area contributed by atoms with Gasteiger partial charge in [-0.25, -0.2) is 0 Å². The molecule has 2 aromatic carbocycles. The summed E-state index contributed by atoms with van der Waals surface area (Å²) in [5, 5.41) is 7.00. The highest BCUT2D eigenvalue weighted by molar-refractivity contribution is 5.80. The molecule has 1 saturated heterocycles. The van der Waals surface area contributed by atoms with Gasteiger partial charge in [0.15, 0.2) is 5.96 Å². The maximum absolute atomic E-state index is 4.38. The van der Waals surface area contributed by atoms with Crippen molar-refractivity contribution in [3.05, 3.63) is 65.7 Å². The number of nitrogens with zero attached hydrogens (tertiary/aromatic N) is 3. The third-order valence-corrected chi connectivity index (χ3v) is 6.11. The Labute approximate surface area is 174 Å². The summed E-state index contributed by atoms with van der Waals surface area (Å²) in [5.74, 6) is 1.67.